The summed E-state index contributed by atoms with van der Waals surface area (Å²) in [6.07, 6.45) is 0. The SMILES string of the molecule is CC(=O)c1ccc(Nc2nc(C)c(C(=O)O)o2)cc1. The van der Waals surface area contributed by atoms with Gasteiger partial charge in [0, 0.05) is 11.3 Å². The first-order valence-electron chi connectivity index (χ1n) is 5.56. The molecule has 2 N–H and O–H groups in total. The lowest BCUT2D eigenvalue weighted by molar-refractivity contribution is 0.0662. The Hall–Kier alpha value is -2.63. The van der Waals surface area contributed by atoms with E-state index in [9.17, 15) is 9.59 Å². The summed E-state index contributed by atoms with van der Waals surface area (Å²) in [5, 5.41) is 11.7. The summed E-state index contributed by atoms with van der Waals surface area (Å²) in [7, 11) is 0. The molecule has 0 aliphatic rings. The maximum Gasteiger partial charge on any atom is 0.373 e. The van der Waals surface area contributed by atoms with E-state index in [0.29, 0.717) is 16.9 Å². The van der Waals surface area contributed by atoms with Crippen molar-refractivity contribution in [2.24, 2.45) is 0 Å². The van der Waals surface area contributed by atoms with Crippen molar-refractivity contribution in [2.75, 3.05) is 5.32 Å². The number of carboxylic acid groups (broad SMARTS) is 1. The molecule has 6 heteroatoms. The highest BCUT2D eigenvalue weighted by Crippen LogP contribution is 2.19. The molecule has 0 aliphatic carbocycles. The number of anilines is 2. The second kappa shape index (κ2) is 4.93. The van der Waals surface area contributed by atoms with Crippen LogP contribution in [0.1, 0.15) is 33.5 Å². The number of Topliss-reactive ketones (excluding diaryl/α,β-unsaturated/α-hetero) is 1. The third kappa shape index (κ3) is 2.79. The summed E-state index contributed by atoms with van der Waals surface area (Å²) in [6, 6.07) is 6.82. The van der Waals surface area contributed by atoms with Crippen molar-refractivity contribution in [3.05, 3.63) is 41.3 Å². The highest BCUT2D eigenvalue weighted by atomic mass is 16.4. The fraction of sp³-hybridized carbons (Fsp3) is 0.154. The molecule has 0 atom stereocenters. The van der Waals surface area contributed by atoms with Crippen LogP contribution in [-0.2, 0) is 0 Å². The lowest BCUT2D eigenvalue weighted by Crippen LogP contribution is -1.95. The maximum absolute atomic E-state index is 11.1. The van der Waals surface area contributed by atoms with Crippen molar-refractivity contribution in [3.63, 3.8) is 0 Å². The van der Waals surface area contributed by atoms with Crippen molar-refractivity contribution in [2.45, 2.75) is 13.8 Å². The van der Waals surface area contributed by atoms with Crippen molar-refractivity contribution >= 4 is 23.5 Å². The molecular weight excluding hydrogens is 248 g/mol. The number of hydrogen-bond acceptors (Lipinski definition) is 5. The van der Waals surface area contributed by atoms with Crippen LogP contribution in [0, 0.1) is 6.92 Å². The topological polar surface area (TPSA) is 92.4 Å². The summed E-state index contributed by atoms with van der Waals surface area (Å²) in [6.45, 7) is 3.04. The van der Waals surface area contributed by atoms with Crippen LogP contribution < -0.4 is 5.32 Å². The highest BCUT2D eigenvalue weighted by Gasteiger charge is 2.16. The Morgan fingerprint density at radius 1 is 1.26 bits per heavy atom. The molecule has 0 spiro atoms. The number of oxazole rings is 1. The standard InChI is InChI=1S/C13H12N2O4/c1-7-11(12(17)18)19-13(14-7)15-10-5-3-9(4-6-10)8(2)16/h3-6H,1-2H3,(H,14,15)(H,17,18). The zero-order chi connectivity index (χ0) is 14.0. The first-order valence-corrected chi connectivity index (χ1v) is 5.56. The molecule has 0 radical (unpaired) electrons. The summed E-state index contributed by atoms with van der Waals surface area (Å²) in [4.78, 5) is 25.9. The number of carboxylic acids is 1. The number of nitrogens with zero attached hydrogens (tertiary/aromatic N) is 1. The Balaban J connectivity index is 2.19. The minimum Gasteiger partial charge on any atom is -0.475 e. The van der Waals surface area contributed by atoms with Crippen LogP contribution in [-0.4, -0.2) is 21.8 Å². The number of nitrogens with one attached hydrogen (secondary N) is 1. The molecule has 1 heterocycles. The number of carbonyl (C=O) groups excluding carboxylic acids is 1. The van der Waals surface area contributed by atoms with Gasteiger partial charge in [-0.25, -0.2) is 4.79 Å². The van der Waals surface area contributed by atoms with Crippen LogP contribution in [0.4, 0.5) is 11.7 Å². The van der Waals surface area contributed by atoms with Gasteiger partial charge in [-0.15, -0.1) is 0 Å². The molecular formula is C13H12N2O4. The quantitative estimate of drug-likeness (QED) is 0.821. The number of ketones is 1. The van der Waals surface area contributed by atoms with E-state index >= 15 is 0 Å². The zero-order valence-corrected chi connectivity index (χ0v) is 10.4. The third-order valence-electron chi connectivity index (χ3n) is 2.53. The highest BCUT2D eigenvalue weighted by molar-refractivity contribution is 5.94. The average molecular weight is 260 g/mol. The second-order valence-electron chi connectivity index (χ2n) is 4.00. The zero-order valence-electron chi connectivity index (χ0n) is 10.4. The van der Waals surface area contributed by atoms with Gasteiger partial charge >= 0.3 is 5.97 Å². The van der Waals surface area contributed by atoms with Gasteiger partial charge in [-0.2, -0.15) is 4.98 Å². The van der Waals surface area contributed by atoms with E-state index in [0.717, 1.165) is 0 Å². The molecule has 19 heavy (non-hydrogen) atoms. The molecule has 0 saturated carbocycles. The number of hydrogen-bond donors (Lipinski definition) is 2. The lowest BCUT2D eigenvalue weighted by atomic mass is 10.1. The molecule has 98 valence electrons. The smallest absolute Gasteiger partial charge is 0.373 e. The predicted molar refractivity (Wildman–Crippen MR) is 67.9 cm³/mol. The van der Waals surface area contributed by atoms with Crippen LogP contribution >= 0.6 is 0 Å². The molecule has 0 bridgehead atoms. The van der Waals surface area contributed by atoms with E-state index < -0.39 is 5.97 Å². The van der Waals surface area contributed by atoms with Gasteiger partial charge < -0.3 is 14.8 Å². The van der Waals surface area contributed by atoms with Crippen LogP contribution in [0.2, 0.25) is 0 Å². The minimum absolute atomic E-state index is 0.0216. The Bertz CT molecular complexity index is 629. The summed E-state index contributed by atoms with van der Waals surface area (Å²) in [5.41, 5.74) is 1.55. The van der Waals surface area contributed by atoms with Gasteiger partial charge in [0.15, 0.2) is 5.78 Å². The van der Waals surface area contributed by atoms with Crippen LogP contribution in [0.25, 0.3) is 0 Å². The van der Waals surface area contributed by atoms with Gasteiger partial charge in [-0.1, -0.05) is 0 Å². The van der Waals surface area contributed by atoms with Gasteiger partial charge in [0.05, 0.1) is 5.69 Å². The van der Waals surface area contributed by atoms with Gasteiger partial charge in [-0.3, -0.25) is 4.79 Å². The summed E-state index contributed by atoms with van der Waals surface area (Å²) < 4.78 is 5.07. The molecule has 0 amide bonds. The number of aromatic nitrogens is 1. The summed E-state index contributed by atoms with van der Waals surface area (Å²) >= 11 is 0. The van der Waals surface area contributed by atoms with Crippen molar-refractivity contribution < 1.29 is 19.1 Å². The Labute approximate surface area is 109 Å². The van der Waals surface area contributed by atoms with E-state index in [1.165, 1.54) is 6.92 Å². The summed E-state index contributed by atoms with van der Waals surface area (Å²) in [5.74, 6) is -1.38. The fourth-order valence-corrected chi connectivity index (χ4v) is 1.56. The first-order chi connectivity index (χ1) is 8.97. The number of benzene rings is 1. The van der Waals surface area contributed by atoms with E-state index in [2.05, 4.69) is 10.3 Å². The number of carbonyl (C=O) groups is 2. The second-order valence-corrected chi connectivity index (χ2v) is 4.00. The third-order valence-corrected chi connectivity index (χ3v) is 2.53. The molecule has 1 aromatic carbocycles. The molecule has 6 nitrogen and oxygen atoms in total. The molecule has 1 aromatic heterocycles. The average Bonchev–Trinajstić information content (AvgIpc) is 2.71. The molecule has 0 fully saturated rings. The van der Waals surface area contributed by atoms with Gasteiger partial charge in [-0.05, 0) is 38.1 Å². The van der Waals surface area contributed by atoms with Crippen molar-refractivity contribution in [1.29, 1.82) is 0 Å². The molecule has 2 rings (SSSR count). The van der Waals surface area contributed by atoms with E-state index in [-0.39, 0.29) is 17.6 Å². The predicted octanol–water partition coefficient (Wildman–Crippen LogP) is 2.63. The number of rotatable bonds is 4. The minimum atomic E-state index is -1.16. The normalized spacial score (nSPS) is 10.2. The Morgan fingerprint density at radius 3 is 2.37 bits per heavy atom. The molecule has 0 saturated heterocycles. The van der Waals surface area contributed by atoms with Crippen molar-refractivity contribution in [3.8, 4) is 0 Å². The van der Waals surface area contributed by atoms with E-state index in [1.807, 2.05) is 0 Å². The van der Waals surface area contributed by atoms with Crippen molar-refractivity contribution in [1.82, 2.24) is 4.98 Å². The number of aromatic carboxylic acids is 1. The maximum atomic E-state index is 11.1. The van der Waals surface area contributed by atoms with E-state index in [4.69, 9.17) is 9.52 Å². The lowest BCUT2D eigenvalue weighted by Gasteiger charge is -2.02. The largest absolute Gasteiger partial charge is 0.475 e. The molecule has 0 unspecified atom stereocenters. The van der Waals surface area contributed by atoms with Gasteiger partial charge in [0.2, 0.25) is 5.76 Å². The van der Waals surface area contributed by atoms with Crippen LogP contribution in [0.3, 0.4) is 0 Å². The fourth-order valence-electron chi connectivity index (χ4n) is 1.56. The van der Waals surface area contributed by atoms with Gasteiger partial charge in [0.1, 0.15) is 0 Å². The van der Waals surface area contributed by atoms with Crippen LogP contribution in [0.5, 0.6) is 0 Å². The number of aryl methyl sites for hydroxylation is 1. The Morgan fingerprint density at radius 2 is 1.89 bits per heavy atom. The van der Waals surface area contributed by atoms with Gasteiger partial charge in [0.25, 0.3) is 6.01 Å². The molecule has 0 aliphatic heterocycles. The monoisotopic (exact) mass is 260 g/mol. The molecule has 2 aromatic rings. The van der Waals surface area contributed by atoms with Crippen LogP contribution in [0.15, 0.2) is 28.7 Å². The van der Waals surface area contributed by atoms with E-state index in [1.54, 1.807) is 31.2 Å². The Kier molecular flexibility index (Phi) is 3.33. The first kappa shape index (κ1) is 12.8.